The summed E-state index contributed by atoms with van der Waals surface area (Å²) in [6.07, 6.45) is 4.87. The van der Waals surface area contributed by atoms with Crippen LogP contribution in [-0.4, -0.2) is 39.8 Å². The second kappa shape index (κ2) is 5.98. The number of hydrogen-bond acceptors (Lipinski definition) is 4. The third kappa shape index (κ3) is 3.12. The lowest BCUT2D eigenvalue weighted by Crippen LogP contribution is -2.32. The van der Waals surface area contributed by atoms with Crippen LogP contribution < -0.4 is 5.73 Å². The molecule has 0 spiro atoms. The van der Waals surface area contributed by atoms with Gasteiger partial charge in [0.1, 0.15) is 0 Å². The van der Waals surface area contributed by atoms with Gasteiger partial charge in [0, 0.05) is 25.5 Å². The Labute approximate surface area is 118 Å². The van der Waals surface area contributed by atoms with Gasteiger partial charge in [0.25, 0.3) is 11.8 Å². The first-order chi connectivity index (χ1) is 9.49. The summed E-state index contributed by atoms with van der Waals surface area (Å²) in [5.74, 6) is 0.165. The van der Waals surface area contributed by atoms with E-state index >= 15 is 0 Å². The maximum Gasteiger partial charge on any atom is 0.274 e. The molecule has 6 heteroatoms. The van der Waals surface area contributed by atoms with E-state index in [-0.39, 0.29) is 17.3 Å². The molecule has 0 bridgehead atoms. The highest BCUT2D eigenvalue weighted by Gasteiger charge is 2.30. The molecule has 2 N–H and O–H groups in total. The van der Waals surface area contributed by atoms with E-state index in [2.05, 4.69) is 23.8 Å². The minimum Gasteiger partial charge on any atom is -0.364 e. The summed E-state index contributed by atoms with van der Waals surface area (Å²) < 4.78 is 0. The largest absolute Gasteiger partial charge is 0.364 e. The summed E-state index contributed by atoms with van der Waals surface area (Å²) in [4.78, 5) is 33.3. The van der Waals surface area contributed by atoms with Crippen LogP contribution in [-0.2, 0) is 0 Å². The number of likely N-dealkylation sites (tertiary alicyclic amines) is 1. The fourth-order valence-electron chi connectivity index (χ4n) is 2.70. The van der Waals surface area contributed by atoms with Gasteiger partial charge in [-0.05, 0) is 24.7 Å². The van der Waals surface area contributed by atoms with Crippen molar-refractivity contribution in [1.29, 1.82) is 0 Å². The van der Waals surface area contributed by atoms with Gasteiger partial charge in [-0.15, -0.1) is 0 Å². The Hall–Kier alpha value is -1.98. The number of nitrogens with zero attached hydrogens (tertiary/aromatic N) is 3. The number of amides is 2. The molecule has 1 fully saturated rings. The lowest BCUT2D eigenvalue weighted by Gasteiger charge is -2.17. The number of nitrogens with two attached hydrogens (primary N) is 1. The van der Waals surface area contributed by atoms with E-state index in [0.717, 1.165) is 12.8 Å². The van der Waals surface area contributed by atoms with Crippen molar-refractivity contribution in [3.8, 4) is 0 Å². The van der Waals surface area contributed by atoms with Gasteiger partial charge in [-0.3, -0.25) is 9.59 Å². The van der Waals surface area contributed by atoms with Crippen molar-refractivity contribution in [2.24, 2.45) is 17.6 Å². The Morgan fingerprint density at radius 1 is 1.35 bits per heavy atom. The number of carbonyl (C=O) groups is 2. The Bertz CT molecular complexity index is 516. The van der Waals surface area contributed by atoms with E-state index in [1.165, 1.54) is 12.4 Å². The molecule has 20 heavy (non-hydrogen) atoms. The summed E-state index contributed by atoms with van der Waals surface area (Å²) >= 11 is 0. The average molecular weight is 276 g/mol. The predicted octanol–water partition coefficient (Wildman–Crippen LogP) is 1.08. The molecule has 2 amide bonds. The predicted molar refractivity (Wildman–Crippen MR) is 74.0 cm³/mol. The highest BCUT2D eigenvalue weighted by atomic mass is 16.2. The Kier molecular flexibility index (Phi) is 4.32. The fourth-order valence-corrected chi connectivity index (χ4v) is 2.70. The minimum atomic E-state index is -0.723. The van der Waals surface area contributed by atoms with E-state index in [0.29, 0.717) is 24.9 Å². The lowest BCUT2D eigenvalue weighted by molar-refractivity contribution is 0.0772. The van der Waals surface area contributed by atoms with Crippen LogP contribution in [0.25, 0.3) is 0 Å². The molecule has 1 aliphatic heterocycles. The summed E-state index contributed by atoms with van der Waals surface area (Å²) in [6.45, 7) is 5.77. The second-order valence-electron chi connectivity index (χ2n) is 5.65. The van der Waals surface area contributed by atoms with Gasteiger partial charge in [0.05, 0.1) is 0 Å². The van der Waals surface area contributed by atoms with E-state index in [4.69, 9.17) is 5.73 Å². The van der Waals surface area contributed by atoms with Crippen molar-refractivity contribution < 1.29 is 9.59 Å². The molecule has 0 aromatic carbocycles. The van der Waals surface area contributed by atoms with E-state index in [9.17, 15) is 9.59 Å². The third-order valence-corrected chi connectivity index (χ3v) is 3.51. The summed E-state index contributed by atoms with van der Waals surface area (Å²) in [6, 6.07) is 0. The molecule has 108 valence electrons. The zero-order valence-electron chi connectivity index (χ0n) is 11.9. The number of carbonyl (C=O) groups excluding carboxylic acids is 2. The number of rotatable bonds is 4. The molecular formula is C14H20N4O2. The number of aromatic nitrogens is 2. The van der Waals surface area contributed by atoms with Gasteiger partial charge >= 0.3 is 0 Å². The van der Waals surface area contributed by atoms with Crippen LogP contribution in [0.15, 0.2) is 12.4 Å². The molecule has 1 aromatic rings. The Balaban J connectivity index is 2.11. The van der Waals surface area contributed by atoms with Gasteiger partial charge in [-0.2, -0.15) is 0 Å². The topological polar surface area (TPSA) is 89.2 Å². The second-order valence-corrected chi connectivity index (χ2v) is 5.65. The maximum atomic E-state index is 12.4. The molecule has 0 saturated carbocycles. The van der Waals surface area contributed by atoms with Crippen molar-refractivity contribution >= 4 is 11.8 Å². The van der Waals surface area contributed by atoms with Crippen LogP contribution in [0.1, 0.15) is 47.7 Å². The van der Waals surface area contributed by atoms with Crippen LogP contribution in [0.3, 0.4) is 0 Å². The van der Waals surface area contributed by atoms with E-state index in [1.54, 1.807) is 4.90 Å². The van der Waals surface area contributed by atoms with Crippen LogP contribution in [0.4, 0.5) is 0 Å². The van der Waals surface area contributed by atoms with Gasteiger partial charge < -0.3 is 10.6 Å². The molecule has 1 aliphatic rings. The molecule has 0 aliphatic carbocycles. The third-order valence-electron chi connectivity index (χ3n) is 3.51. The van der Waals surface area contributed by atoms with Gasteiger partial charge in [0.2, 0.25) is 0 Å². The van der Waals surface area contributed by atoms with Gasteiger partial charge in [-0.1, -0.05) is 13.8 Å². The number of primary amides is 1. The Morgan fingerprint density at radius 3 is 2.60 bits per heavy atom. The smallest absolute Gasteiger partial charge is 0.274 e. The molecule has 2 rings (SSSR count). The molecule has 1 unspecified atom stereocenters. The first kappa shape index (κ1) is 14.4. The van der Waals surface area contributed by atoms with Crippen molar-refractivity contribution in [3.63, 3.8) is 0 Å². The summed E-state index contributed by atoms with van der Waals surface area (Å²) in [5, 5.41) is 0. The van der Waals surface area contributed by atoms with Crippen molar-refractivity contribution in [1.82, 2.24) is 14.9 Å². The zero-order valence-corrected chi connectivity index (χ0v) is 11.9. The van der Waals surface area contributed by atoms with Crippen LogP contribution >= 0.6 is 0 Å². The van der Waals surface area contributed by atoms with Crippen molar-refractivity contribution in [2.45, 2.75) is 26.7 Å². The van der Waals surface area contributed by atoms with Crippen molar-refractivity contribution in [3.05, 3.63) is 23.8 Å². The van der Waals surface area contributed by atoms with Crippen molar-refractivity contribution in [2.75, 3.05) is 13.1 Å². The zero-order chi connectivity index (χ0) is 14.7. The first-order valence-corrected chi connectivity index (χ1v) is 6.89. The molecule has 2 heterocycles. The molecular weight excluding hydrogens is 256 g/mol. The number of hydrogen-bond donors (Lipinski definition) is 1. The minimum absolute atomic E-state index is 0.0511. The average Bonchev–Trinajstić information content (AvgIpc) is 2.85. The maximum absolute atomic E-state index is 12.4. The summed E-state index contributed by atoms with van der Waals surface area (Å²) in [5.41, 5.74) is 5.24. The van der Waals surface area contributed by atoms with Crippen LogP contribution in [0.5, 0.6) is 0 Å². The molecule has 0 radical (unpaired) electrons. The molecule has 1 saturated heterocycles. The quantitative estimate of drug-likeness (QED) is 0.891. The van der Waals surface area contributed by atoms with Gasteiger partial charge in [0.15, 0.2) is 11.4 Å². The molecule has 1 atom stereocenters. The van der Waals surface area contributed by atoms with Gasteiger partial charge in [-0.25, -0.2) is 9.97 Å². The SMILES string of the molecule is CC(C)CC1CCN(C(=O)c2nccnc2C(N)=O)C1. The normalized spacial score (nSPS) is 18.6. The fraction of sp³-hybridized carbons (Fsp3) is 0.571. The molecule has 1 aromatic heterocycles. The first-order valence-electron chi connectivity index (χ1n) is 6.89. The lowest BCUT2D eigenvalue weighted by atomic mass is 9.97. The Morgan fingerprint density at radius 2 is 2.00 bits per heavy atom. The highest BCUT2D eigenvalue weighted by molar-refractivity contribution is 6.04. The molecule has 6 nitrogen and oxygen atoms in total. The van der Waals surface area contributed by atoms with Crippen LogP contribution in [0.2, 0.25) is 0 Å². The standard InChI is InChI=1S/C14H20N4O2/c1-9(2)7-10-3-6-18(8-10)14(20)12-11(13(15)19)16-4-5-17-12/h4-5,9-10H,3,6-8H2,1-2H3,(H2,15,19). The van der Waals surface area contributed by atoms with E-state index < -0.39 is 5.91 Å². The summed E-state index contributed by atoms with van der Waals surface area (Å²) in [7, 11) is 0. The van der Waals surface area contributed by atoms with E-state index in [1.807, 2.05) is 0 Å². The monoisotopic (exact) mass is 276 g/mol. The highest BCUT2D eigenvalue weighted by Crippen LogP contribution is 2.24. The van der Waals surface area contributed by atoms with Crippen LogP contribution in [0, 0.1) is 11.8 Å².